The number of aryl methyl sites for hydroxylation is 1. The number of carbonyl (C=O) groups is 2. The molecule has 33 heavy (non-hydrogen) atoms. The van der Waals surface area contributed by atoms with Crippen LogP contribution in [-0.2, 0) is 4.84 Å². The molecule has 1 aliphatic rings. The molecule has 2 aromatic carbocycles. The summed E-state index contributed by atoms with van der Waals surface area (Å²) >= 11 is 14.4. The number of halogens is 7. The topological polar surface area (TPSA) is 67.8 Å². The van der Waals surface area contributed by atoms with Crippen molar-refractivity contribution in [2.75, 3.05) is 0 Å². The Labute approximate surface area is 203 Å². The Morgan fingerprint density at radius 1 is 1.18 bits per heavy atom. The molecular weight excluding hydrogens is 555 g/mol. The fraction of sp³-hybridized carbons (Fsp3) is 0.190. The van der Waals surface area contributed by atoms with Gasteiger partial charge in [-0.3, -0.25) is 9.59 Å². The number of alkyl halides is 3. The number of amides is 1. The summed E-state index contributed by atoms with van der Waals surface area (Å²) in [5.74, 6) is -2.55. The number of hydrogen-bond donors (Lipinski definition) is 1. The van der Waals surface area contributed by atoms with Crippen molar-refractivity contribution in [1.82, 2.24) is 5.32 Å². The monoisotopic (exact) mass is 566 g/mol. The van der Waals surface area contributed by atoms with E-state index in [1.165, 1.54) is 25.1 Å². The van der Waals surface area contributed by atoms with Gasteiger partial charge in [-0.1, -0.05) is 34.4 Å². The molecule has 0 bridgehead atoms. The lowest BCUT2D eigenvalue weighted by Gasteiger charge is -2.14. The van der Waals surface area contributed by atoms with Crippen molar-refractivity contribution >= 4 is 61.0 Å². The van der Waals surface area contributed by atoms with Crippen molar-refractivity contribution in [2.45, 2.75) is 25.7 Å². The Morgan fingerprint density at radius 3 is 2.33 bits per heavy atom. The van der Waals surface area contributed by atoms with Crippen LogP contribution in [-0.4, -0.2) is 28.7 Å². The van der Waals surface area contributed by atoms with E-state index in [0.29, 0.717) is 22.7 Å². The Balaban J connectivity index is 1.88. The number of nitrogens with one attached hydrogen (secondary N) is 1. The quantitative estimate of drug-likeness (QED) is 0.195. The Kier molecular flexibility index (Phi) is 7.50. The summed E-state index contributed by atoms with van der Waals surface area (Å²) in [7, 11) is 0. The SMILES string of the molecule is Cc1cc(C(=O)C=C(c2cc(Cl)c(F)c(Cl)c2)C(F)(F)F)ccc1C(=O)NC1CC(Br)=NO1. The maximum atomic E-state index is 13.6. The summed E-state index contributed by atoms with van der Waals surface area (Å²) in [6, 6.07) is 5.30. The maximum absolute atomic E-state index is 13.6. The van der Waals surface area contributed by atoms with E-state index in [-0.39, 0.29) is 11.1 Å². The zero-order valence-electron chi connectivity index (χ0n) is 16.6. The number of hydrogen-bond acceptors (Lipinski definition) is 4. The Morgan fingerprint density at radius 2 is 1.82 bits per heavy atom. The van der Waals surface area contributed by atoms with Crippen LogP contribution in [0.15, 0.2) is 41.6 Å². The maximum Gasteiger partial charge on any atom is 0.417 e. The smallest absolute Gasteiger partial charge is 0.369 e. The average Bonchev–Trinajstić information content (AvgIpc) is 3.13. The minimum absolute atomic E-state index is 0.0895. The van der Waals surface area contributed by atoms with Gasteiger partial charge in [0.15, 0.2) is 11.6 Å². The Bertz CT molecular complexity index is 1180. The average molecular weight is 568 g/mol. The van der Waals surface area contributed by atoms with Gasteiger partial charge in [0.1, 0.15) is 4.62 Å². The number of oxime groups is 1. The van der Waals surface area contributed by atoms with Gasteiger partial charge in [0.2, 0.25) is 6.23 Å². The van der Waals surface area contributed by atoms with Crippen molar-refractivity contribution in [1.29, 1.82) is 0 Å². The molecule has 0 saturated carbocycles. The van der Waals surface area contributed by atoms with E-state index in [1.807, 2.05) is 0 Å². The molecule has 2 aromatic rings. The molecule has 0 aliphatic carbocycles. The van der Waals surface area contributed by atoms with Crippen LogP contribution in [0, 0.1) is 12.7 Å². The number of benzene rings is 2. The number of ketones is 1. The van der Waals surface area contributed by atoms with Gasteiger partial charge < -0.3 is 10.2 Å². The second-order valence-corrected chi connectivity index (χ2v) is 8.67. The summed E-state index contributed by atoms with van der Waals surface area (Å²) in [6.45, 7) is 1.53. The van der Waals surface area contributed by atoms with E-state index in [0.717, 1.165) is 12.1 Å². The number of carbonyl (C=O) groups excluding carboxylic acids is 2. The summed E-state index contributed by atoms with van der Waals surface area (Å²) in [5.41, 5.74) is -1.44. The summed E-state index contributed by atoms with van der Waals surface area (Å²) in [4.78, 5) is 30.0. The number of nitrogens with zero attached hydrogens (tertiary/aromatic N) is 1. The normalized spacial score (nSPS) is 16.3. The van der Waals surface area contributed by atoms with E-state index >= 15 is 0 Å². The van der Waals surface area contributed by atoms with Crippen molar-refractivity contribution in [2.24, 2.45) is 5.16 Å². The van der Waals surface area contributed by atoms with Crippen molar-refractivity contribution < 1.29 is 32.0 Å². The first kappa shape index (κ1) is 25.2. The molecular formula is C21H13BrCl2F4N2O3. The van der Waals surface area contributed by atoms with Crippen LogP contribution in [0.1, 0.15) is 38.3 Å². The lowest BCUT2D eigenvalue weighted by Crippen LogP contribution is -2.35. The molecule has 1 atom stereocenters. The van der Waals surface area contributed by atoms with Gasteiger partial charge >= 0.3 is 6.18 Å². The van der Waals surface area contributed by atoms with Crippen LogP contribution in [0.4, 0.5) is 17.6 Å². The molecule has 174 valence electrons. The zero-order valence-corrected chi connectivity index (χ0v) is 19.7. The van der Waals surface area contributed by atoms with Crippen molar-refractivity contribution in [3.05, 3.63) is 74.5 Å². The second kappa shape index (κ2) is 9.82. The summed E-state index contributed by atoms with van der Waals surface area (Å²) in [6.07, 6.45) is -4.91. The molecule has 3 rings (SSSR count). The molecule has 0 aromatic heterocycles. The predicted octanol–water partition coefficient (Wildman–Crippen LogP) is 6.45. The highest BCUT2D eigenvalue weighted by Gasteiger charge is 2.36. The summed E-state index contributed by atoms with van der Waals surface area (Å²) < 4.78 is 55.1. The first-order valence-electron chi connectivity index (χ1n) is 9.14. The largest absolute Gasteiger partial charge is 0.417 e. The van der Waals surface area contributed by atoms with E-state index in [4.69, 9.17) is 28.0 Å². The van der Waals surface area contributed by atoms with Crippen molar-refractivity contribution in [3.8, 4) is 0 Å². The van der Waals surface area contributed by atoms with Gasteiger partial charge in [-0.2, -0.15) is 13.2 Å². The number of allylic oxidation sites excluding steroid dienone is 2. The van der Waals surface area contributed by atoms with Crippen LogP contribution in [0.5, 0.6) is 0 Å². The predicted molar refractivity (Wildman–Crippen MR) is 119 cm³/mol. The minimum Gasteiger partial charge on any atom is -0.369 e. The van der Waals surface area contributed by atoms with Gasteiger partial charge in [-0.05, 0) is 64.3 Å². The van der Waals surface area contributed by atoms with Gasteiger partial charge in [-0.15, -0.1) is 0 Å². The van der Waals surface area contributed by atoms with Crippen molar-refractivity contribution in [3.63, 3.8) is 0 Å². The zero-order chi connectivity index (χ0) is 24.5. The molecule has 1 N–H and O–H groups in total. The minimum atomic E-state index is -4.95. The van der Waals surface area contributed by atoms with Crippen LogP contribution < -0.4 is 5.32 Å². The fourth-order valence-corrected chi connectivity index (χ4v) is 3.84. The summed E-state index contributed by atoms with van der Waals surface area (Å²) in [5, 5.41) is 5.02. The van der Waals surface area contributed by atoms with E-state index < -0.39 is 51.1 Å². The third kappa shape index (κ3) is 5.93. The van der Waals surface area contributed by atoms with Gasteiger partial charge in [0, 0.05) is 11.1 Å². The lowest BCUT2D eigenvalue weighted by atomic mass is 9.98. The first-order chi connectivity index (χ1) is 15.4. The fourth-order valence-electron chi connectivity index (χ4n) is 2.98. The van der Waals surface area contributed by atoms with E-state index in [9.17, 15) is 27.2 Å². The number of rotatable bonds is 5. The highest BCUT2D eigenvalue weighted by atomic mass is 79.9. The van der Waals surface area contributed by atoms with Crippen LogP contribution in [0.25, 0.3) is 5.57 Å². The van der Waals surface area contributed by atoms with Crippen LogP contribution >= 0.6 is 39.1 Å². The lowest BCUT2D eigenvalue weighted by molar-refractivity contribution is -0.0689. The molecule has 1 amide bonds. The molecule has 0 fully saturated rings. The molecule has 0 radical (unpaired) electrons. The Hall–Kier alpha value is -2.43. The van der Waals surface area contributed by atoms with E-state index in [2.05, 4.69) is 26.4 Å². The third-order valence-electron chi connectivity index (χ3n) is 4.56. The molecule has 0 saturated heterocycles. The molecule has 1 heterocycles. The standard InChI is InChI=1S/C21H13BrCl2F4N2O3/c1-9-4-10(2-3-12(9)20(32)29-18-8-17(22)30-33-18)16(31)7-13(21(26,27)28)11-5-14(23)19(25)15(24)6-11/h2-7,18H,8H2,1H3,(H,29,32). The molecule has 12 heteroatoms. The third-order valence-corrected chi connectivity index (χ3v) is 5.57. The van der Waals surface area contributed by atoms with Crippen LogP contribution in [0.3, 0.4) is 0 Å². The molecule has 1 aliphatic heterocycles. The highest BCUT2D eigenvalue weighted by molar-refractivity contribution is 9.18. The molecule has 1 unspecified atom stereocenters. The molecule has 5 nitrogen and oxygen atoms in total. The van der Waals surface area contributed by atoms with Gasteiger partial charge in [-0.25, -0.2) is 4.39 Å². The van der Waals surface area contributed by atoms with Crippen LogP contribution in [0.2, 0.25) is 10.0 Å². The second-order valence-electron chi connectivity index (χ2n) is 6.94. The van der Waals surface area contributed by atoms with E-state index in [1.54, 1.807) is 0 Å². The first-order valence-corrected chi connectivity index (χ1v) is 10.7. The van der Waals surface area contributed by atoms with Gasteiger partial charge in [0.25, 0.3) is 5.91 Å². The van der Waals surface area contributed by atoms with Gasteiger partial charge in [0.05, 0.1) is 22.0 Å². The molecule has 0 spiro atoms. The highest BCUT2D eigenvalue weighted by Crippen LogP contribution is 2.37.